The standard InChI is InChI=1S/C12H8N4O2S/c17-11(18)8-4-5-13-7-9(8)19-12-15-14-10-3-1-2-6-16(10)12/h1-7H,(H,17,18). The maximum atomic E-state index is 11.1. The second kappa shape index (κ2) is 4.69. The summed E-state index contributed by atoms with van der Waals surface area (Å²) in [6.07, 6.45) is 4.79. The fourth-order valence-corrected chi connectivity index (χ4v) is 2.54. The topological polar surface area (TPSA) is 80.4 Å². The molecule has 3 heterocycles. The molecule has 0 saturated heterocycles. The summed E-state index contributed by atoms with van der Waals surface area (Å²) in [4.78, 5) is 15.6. The van der Waals surface area contributed by atoms with E-state index >= 15 is 0 Å². The number of hydrogen-bond acceptors (Lipinski definition) is 5. The van der Waals surface area contributed by atoms with Crippen LogP contribution in [0.1, 0.15) is 10.4 Å². The Morgan fingerprint density at radius 2 is 2.16 bits per heavy atom. The van der Waals surface area contributed by atoms with Crippen LogP contribution < -0.4 is 0 Å². The third kappa shape index (κ3) is 2.15. The molecule has 7 heteroatoms. The summed E-state index contributed by atoms with van der Waals surface area (Å²) >= 11 is 1.22. The van der Waals surface area contributed by atoms with Crippen molar-refractivity contribution in [3.63, 3.8) is 0 Å². The first-order chi connectivity index (χ1) is 9.25. The molecule has 0 aromatic carbocycles. The van der Waals surface area contributed by atoms with Crippen molar-refractivity contribution >= 4 is 23.4 Å². The van der Waals surface area contributed by atoms with Gasteiger partial charge in [-0.3, -0.25) is 9.38 Å². The Balaban J connectivity index is 2.04. The molecule has 3 aromatic heterocycles. The van der Waals surface area contributed by atoms with E-state index in [2.05, 4.69) is 15.2 Å². The monoisotopic (exact) mass is 272 g/mol. The lowest BCUT2D eigenvalue weighted by Crippen LogP contribution is -1.99. The molecular weight excluding hydrogens is 264 g/mol. The van der Waals surface area contributed by atoms with Crippen molar-refractivity contribution < 1.29 is 9.90 Å². The van der Waals surface area contributed by atoms with Gasteiger partial charge in [0.1, 0.15) is 0 Å². The lowest BCUT2D eigenvalue weighted by atomic mass is 10.3. The molecule has 0 saturated carbocycles. The molecule has 0 bridgehead atoms. The average Bonchev–Trinajstić information content (AvgIpc) is 2.83. The molecule has 1 N–H and O–H groups in total. The minimum atomic E-state index is -0.987. The number of carboxylic acid groups (broad SMARTS) is 1. The van der Waals surface area contributed by atoms with E-state index in [1.807, 2.05) is 24.4 Å². The Morgan fingerprint density at radius 1 is 1.26 bits per heavy atom. The number of nitrogens with zero attached hydrogens (tertiary/aromatic N) is 4. The zero-order valence-electron chi connectivity index (χ0n) is 9.59. The van der Waals surface area contributed by atoms with Gasteiger partial charge in [-0.1, -0.05) is 6.07 Å². The van der Waals surface area contributed by atoms with Crippen LogP contribution in [0.3, 0.4) is 0 Å². The fraction of sp³-hybridized carbons (Fsp3) is 0. The molecule has 0 aliphatic carbocycles. The Bertz CT molecular complexity index is 756. The quantitative estimate of drug-likeness (QED) is 0.785. The maximum Gasteiger partial charge on any atom is 0.336 e. The number of aromatic nitrogens is 4. The van der Waals surface area contributed by atoms with Crippen molar-refractivity contribution in [3.8, 4) is 0 Å². The van der Waals surface area contributed by atoms with E-state index in [0.717, 1.165) is 0 Å². The van der Waals surface area contributed by atoms with Gasteiger partial charge in [-0.25, -0.2) is 4.79 Å². The van der Waals surface area contributed by atoms with Gasteiger partial charge in [-0.15, -0.1) is 10.2 Å². The van der Waals surface area contributed by atoms with Gasteiger partial charge >= 0.3 is 5.97 Å². The molecule has 3 rings (SSSR count). The molecule has 0 aliphatic heterocycles. The van der Waals surface area contributed by atoms with Crippen LogP contribution in [0.4, 0.5) is 0 Å². The van der Waals surface area contributed by atoms with Crippen LogP contribution in [0.2, 0.25) is 0 Å². The summed E-state index contributed by atoms with van der Waals surface area (Å²) in [7, 11) is 0. The van der Waals surface area contributed by atoms with Crippen molar-refractivity contribution in [2.75, 3.05) is 0 Å². The Morgan fingerprint density at radius 3 is 3.00 bits per heavy atom. The normalized spacial score (nSPS) is 10.7. The maximum absolute atomic E-state index is 11.1. The van der Waals surface area contributed by atoms with Gasteiger partial charge in [-0.05, 0) is 30.0 Å². The first-order valence-electron chi connectivity index (χ1n) is 5.40. The lowest BCUT2D eigenvalue weighted by molar-refractivity contribution is 0.0693. The van der Waals surface area contributed by atoms with E-state index in [1.165, 1.54) is 30.2 Å². The molecule has 0 spiro atoms. The molecular formula is C12H8N4O2S. The third-order valence-corrected chi connectivity index (χ3v) is 3.50. The van der Waals surface area contributed by atoms with Crippen LogP contribution >= 0.6 is 11.8 Å². The molecule has 0 unspecified atom stereocenters. The molecule has 6 nitrogen and oxygen atoms in total. The highest BCUT2D eigenvalue weighted by atomic mass is 32.2. The lowest BCUT2D eigenvalue weighted by Gasteiger charge is -2.03. The van der Waals surface area contributed by atoms with Gasteiger partial charge in [0.15, 0.2) is 5.65 Å². The van der Waals surface area contributed by atoms with E-state index < -0.39 is 5.97 Å². The smallest absolute Gasteiger partial charge is 0.336 e. The first kappa shape index (κ1) is 11.7. The van der Waals surface area contributed by atoms with Crippen molar-refractivity contribution in [2.24, 2.45) is 0 Å². The highest BCUT2D eigenvalue weighted by Crippen LogP contribution is 2.28. The minimum Gasteiger partial charge on any atom is -0.478 e. The molecule has 19 heavy (non-hydrogen) atoms. The molecule has 94 valence electrons. The van der Waals surface area contributed by atoms with Crippen molar-refractivity contribution in [2.45, 2.75) is 10.1 Å². The average molecular weight is 272 g/mol. The van der Waals surface area contributed by atoms with E-state index in [4.69, 9.17) is 5.11 Å². The summed E-state index contributed by atoms with van der Waals surface area (Å²) in [6, 6.07) is 7.03. The molecule has 0 radical (unpaired) electrons. The Hall–Kier alpha value is -2.41. The van der Waals surface area contributed by atoms with Gasteiger partial charge < -0.3 is 5.11 Å². The van der Waals surface area contributed by atoms with Crippen molar-refractivity contribution in [1.82, 2.24) is 19.6 Å². The first-order valence-corrected chi connectivity index (χ1v) is 6.22. The van der Waals surface area contributed by atoms with Crippen molar-refractivity contribution in [1.29, 1.82) is 0 Å². The van der Waals surface area contributed by atoms with E-state index in [9.17, 15) is 4.79 Å². The van der Waals surface area contributed by atoms with E-state index in [-0.39, 0.29) is 5.56 Å². The molecule has 0 atom stereocenters. The third-order valence-electron chi connectivity index (χ3n) is 2.50. The second-order valence-corrected chi connectivity index (χ2v) is 4.70. The number of aromatic carboxylic acids is 1. The number of pyridine rings is 2. The molecule has 0 amide bonds. The molecule has 0 fully saturated rings. The van der Waals surface area contributed by atoms with Crippen LogP contribution in [-0.4, -0.2) is 30.7 Å². The van der Waals surface area contributed by atoms with E-state index in [0.29, 0.717) is 15.7 Å². The van der Waals surface area contributed by atoms with Gasteiger partial charge in [0.05, 0.1) is 5.56 Å². The summed E-state index contributed by atoms with van der Waals surface area (Å²) in [5, 5.41) is 17.8. The summed E-state index contributed by atoms with van der Waals surface area (Å²) in [5.74, 6) is -0.987. The van der Waals surface area contributed by atoms with Crippen LogP contribution in [-0.2, 0) is 0 Å². The van der Waals surface area contributed by atoms with E-state index in [1.54, 1.807) is 4.40 Å². The largest absolute Gasteiger partial charge is 0.478 e. The van der Waals surface area contributed by atoms with Crippen LogP contribution in [0, 0.1) is 0 Å². The van der Waals surface area contributed by atoms with Crippen LogP contribution in [0.25, 0.3) is 5.65 Å². The number of carboxylic acids is 1. The van der Waals surface area contributed by atoms with Crippen LogP contribution in [0.15, 0.2) is 52.9 Å². The van der Waals surface area contributed by atoms with Gasteiger partial charge in [0.25, 0.3) is 0 Å². The summed E-state index contributed by atoms with van der Waals surface area (Å²) in [6.45, 7) is 0. The van der Waals surface area contributed by atoms with Crippen molar-refractivity contribution in [3.05, 3.63) is 48.4 Å². The number of fused-ring (bicyclic) bond motifs is 1. The van der Waals surface area contributed by atoms with Gasteiger partial charge in [0, 0.05) is 23.5 Å². The number of carbonyl (C=O) groups is 1. The Labute approximate surface area is 112 Å². The Kier molecular flexibility index (Phi) is 2.88. The SMILES string of the molecule is O=C(O)c1ccncc1Sc1nnc2ccccn12. The van der Waals surface area contributed by atoms with Crippen LogP contribution in [0.5, 0.6) is 0 Å². The van der Waals surface area contributed by atoms with Gasteiger partial charge in [-0.2, -0.15) is 0 Å². The number of rotatable bonds is 3. The highest BCUT2D eigenvalue weighted by molar-refractivity contribution is 7.99. The summed E-state index contributed by atoms with van der Waals surface area (Å²) < 4.78 is 1.79. The zero-order valence-corrected chi connectivity index (χ0v) is 10.4. The predicted octanol–water partition coefficient (Wildman–Crippen LogP) is 1.97. The molecule has 3 aromatic rings. The highest BCUT2D eigenvalue weighted by Gasteiger charge is 2.14. The molecule has 0 aliphatic rings. The fourth-order valence-electron chi connectivity index (χ4n) is 1.63. The second-order valence-electron chi connectivity index (χ2n) is 3.69. The van der Waals surface area contributed by atoms with Gasteiger partial charge in [0.2, 0.25) is 5.16 Å². The number of hydrogen-bond donors (Lipinski definition) is 1. The minimum absolute atomic E-state index is 0.202. The zero-order chi connectivity index (χ0) is 13.2. The summed E-state index contributed by atoms with van der Waals surface area (Å²) in [5.41, 5.74) is 0.915. The predicted molar refractivity (Wildman–Crippen MR) is 68.3 cm³/mol.